The Morgan fingerprint density at radius 1 is 1.12 bits per heavy atom. The second kappa shape index (κ2) is 6.71. The molecule has 8 nitrogen and oxygen atoms in total. The monoisotopic (exact) mass is 465 g/mol. The van der Waals surface area contributed by atoms with E-state index in [0.29, 0.717) is 13.0 Å². The molecular formula is C25H39NO7. The van der Waals surface area contributed by atoms with Crippen LogP contribution in [0.3, 0.4) is 0 Å². The number of nitrogens with zero attached hydrogens (tertiary/aromatic N) is 1. The molecule has 33 heavy (non-hydrogen) atoms. The molecular weight excluding hydrogens is 426 g/mol. The molecule has 7 fully saturated rings. The van der Waals surface area contributed by atoms with Gasteiger partial charge in [0.25, 0.3) is 0 Å². The lowest BCUT2D eigenvalue weighted by Gasteiger charge is -2.69. The van der Waals surface area contributed by atoms with E-state index in [1.807, 2.05) is 0 Å². The number of likely N-dealkylation sites (N-methyl/N-ethyl adjacent to an activating group) is 1. The third-order valence-corrected chi connectivity index (χ3v) is 11.8. The minimum atomic E-state index is -0.904. The molecule has 7 rings (SSSR count). The molecule has 0 aromatic rings. The first-order chi connectivity index (χ1) is 15.9. The Bertz CT molecular complexity index is 844. The molecule has 3 spiro atoms. The molecule has 13 atom stereocenters. The van der Waals surface area contributed by atoms with Crippen LogP contribution >= 0.6 is 0 Å². The molecule has 7 aliphatic rings. The number of methoxy groups -OCH3 is 3. The summed E-state index contributed by atoms with van der Waals surface area (Å²) in [6.07, 6.45) is 1.96. The molecule has 2 heterocycles. The van der Waals surface area contributed by atoms with Gasteiger partial charge in [0.2, 0.25) is 0 Å². The third-order valence-electron chi connectivity index (χ3n) is 11.8. The van der Waals surface area contributed by atoms with Crippen molar-refractivity contribution in [3.05, 3.63) is 0 Å². The quantitative estimate of drug-likeness (QED) is 0.612. The zero-order valence-electron chi connectivity index (χ0n) is 20.2. The van der Waals surface area contributed by atoms with Crippen LogP contribution in [0.2, 0.25) is 0 Å². The highest BCUT2D eigenvalue weighted by Crippen LogP contribution is 2.82. The van der Waals surface area contributed by atoms with Crippen molar-refractivity contribution in [2.45, 2.75) is 74.3 Å². The molecule has 5 saturated carbocycles. The number of ether oxygens (including phenoxy) is 5. The average Bonchev–Trinajstić information content (AvgIpc) is 3.39. The van der Waals surface area contributed by atoms with Gasteiger partial charge in [-0.15, -0.1) is 0 Å². The van der Waals surface area contributed by atoms with Crippen LogP contribution in [0.1, 0.15) is 32.6 Å². The minimum absolute atomic E-state index is 0.0166. The normalized spacial score (nSPS) is 62.5. The maximum atomic E-state index is 12.5. The summed E-state index contributed by atoms with van der Waals surface area (Å²) in [7, 11) is 5.34. The van der Waals surface area contributed by atoms with Gasteiger partial charge in [0.1, 0.15) is 18.0 Å². The second-order valence-electron chi connectivity index (χ2n) is 12.0. The first-order valence-electron chi connectivity index (χ1n) is 12.9. The van der Waals surface area contributed by atoms with Crippen LogP contribution < -0.4 is 0 Å². The zero-order valence-corrected chi connectivity index (χ0v) is 20.2. The van der Waals surface area contributed by atoms with Gasteiger partial charge in [0.15, 0.2) is 0 Å². The van der Waals surface area contributed by atoms with Gasteiger partial charge in [0, 0.05) is 62.9 Å². The summed E-state index contributed by atoms with van der Waals surface area (Å²) in [5.41, 5.74) is -2.27. The topological polar surface area (TPSA) is 89.9 Å². The van der Waals surface area contributed by atoms with Crippen molar-refractivity contribution in [3.63, 3.8) is 0 Å². The molecule has 2 N–H and O–H groups in total. The van der Waals surface area contributed by atoms with E-state index in [0.717, 1.165) is 32.4 Å². The van der Waals surface area contributed by atoms with Gasteiger partial charge in [-0.3, -0.25) is 4.90 Å². The van der Waals surface area contributed by atoms with Crippen LogP contribution in [-0.4, -0.2) is 105 Å². The average molecular weight is 466 g/mol. The van der Waals surface area contributed by atoms with E-state index in [1.54, 1.807) is 21.3 Å². The van der Waals surface area contributed by atoms with Crippen LogP contribution in [0.25, 0.3) is 0 Å². The Hall–Kier alpha value is -0.320. The highest BCUT2D eigenvalue weighted by atomic mass is 16.7. The first-order valence-corrected chi connectivity index (χ1v) is 12.9. The third kappa shape index (κ3) is 1.98. The fourth-order valence-corrected chi connectivity index (χ4v) is 11.4. The van der Waals surface area contributed by atoms with Gasteiger partial charge >= 0.3 is 0 Å². The standard InChI is InChI=1S/C25H39NO7/c1-5-26-10-22(11-29-2)7-6-16(27)24-14-8-13-15(30-3)9-23(17(14)18(13)31-4)25(21(24)26,33-12-32-23)20(28)19(22)24/h13-21,27-28H,5-12H2,1-4H3/t13-,14-,15+,16+,17-,18+,19-,20+,21+,22+,23-,24+,25-/m1/s1. The van der Waals surface area contributed by atoms with Gasteiger partial charge in [-0.1, -0.05) is 6.92 Å². The lowest BCUT2D eigenvalue weighted by molar-refractivity contribution is -0.284. The van der Waals surface area contributed by atoms with Crippen molar-refractivity contribution in [1.29, 1.82) is 0 Å². The number of aliphatic hydroxyl groups is 2. The van der Waals surface area contributed by atoms with E-state index in [9.17, 15) is 10.2 Å². The first kappa shape index (κ1) is 21.9. The van der Waals surface area contributed by atoms with Gasteiger partial charge in [-0.25, -0.2) is 0 Å². The molecule has 2 saturated heterocycles. The maximum absolute atomic E-state index is 12.5. The summed E-state index contributed by atoms with van der Waals surface area (Å²) in [6, 6.07) is -0.0918. The van der Waals surface area contributed by atoms with E-state index in [-0.39, 0.29) is 54.1 Å². The molecule has 0 amide bonds. The number of hydrogen-bond acceptors (Lipinski definition) is 8. The Balaban J connectivity index is 1.54. The summed E-state index contributed by atoms with van der Waals surface area (Å²) in [5, 5.41) is 24.5. The van der Waals surface area contributed by atoms with Gasteiger partial charge in [-0.05, 0) is 31.7 Å². The van der Waals surface area contributed by atoms with Crippen molar-refractivity contribution >= 4 is 0 Å². The Morgan fingerprint density at radius 2 is 1.94 bits per heavy atom. The van der Waals surface area contributed by atoms with Crippen molar-refractivity contribution in [2.75, 3.05) is 47.8 Å². The van der Waals surface area contributed by atoms with Crippen LogP contribution in [0, 0.1) is 34.5 Å². The Kier molecular flexibility index (Phi) is 4.46. The summed E-state index contributed by atoms with van der Waals surface area (Å²) < 4.78 is 31.5. The zero-order chi connectivity index (χ0) is 23.0. The van der Waals surface area contributed by atoms with Gasteiger partial charge in [0.05, 0.1) is 37.1 Å². The highest BCUT2D eigenvalue weighted by molar-refractivity contribution is 5.42. The van der Waals surface area contributed by atoms with Gasteiger partial charge in [-0.2, -0.15) is 0 Å². The number of rotatable bonds is 5. The number of aliphatic hydroxyl groups excluding tert-OH is 2. The van der Waals surface area contributed by atoms with E-state index < -0.39 is 28.8 Å². The van der Waals surface area contributed by atoms with Crippen molar-refractivity contribution in [1.82, 2.24) is 4.90 Å². The van der Waals surface area contributed by atoms with Crippen LogP contribution in [0.15, 0.2) is 0 Å². The fraction of sp³-hybridized carbons (Fsp3) is 1.00. The Labute approximate surface area is 195 Å². The van der Waals surface area contributed by atoms with E-state index in [1.165, 1.54) is 0 Å². The van der Waals surface area contributed by atoms with Crippen LogP contribution in [0.4, 0.5) is 0 Å². The van der Waals surface area contributed by atoms with E-state index in [4.69, 9.17) is 23.7 Å². The van der Waals surface area contributed by atoms with Crippen molar-refractivity contribution in [2.24, 2.45) is 34.5 Å². The molecule has 8 heteroatoms. The molecule has 0 radical (unpaired) electrons. The summed E-state index contributed by atoms with van der Waals surface area (Å²) in [6.45, 7) is 4.65. The highest BCUT2D eigenvalue weighted by Gasteiger charge is 2.93. The Morgan fingerprint density at radius 3 is 2.64 bits per heavy atom. The van der Waals surface area contributed by atoms with E-state index in [2.05, 4.69) is 11.8 Å². The fourth-order valence-electron chi connectivity index (χ4n) is 11.4. The molecule has 0 aromatic heterocycles. The maximum Gasteiger partial charge on any atom is 0.148 e. The predicted octanol–water partition coefficient (Wildman–Crippen LogP) is 0.637. The van der Waals surface area contributed by atoms with Gasteiger partial charge < -0.3 is 33.9 Å². The van der Waals surface area contributed by atoms with Crippen molar-refractivity contribution in [3.8, 4) is 0 Å². The summed E-state index contributed by atoms with van der Waals surface area (Å²) in [4.78, 5) is 2.51. The lowest BCUT2D eigenvalue weighted by atomic mass is 9.42. The number of fused-ring (bicyclic) bond motifs is 1. The van der Waals surface area contributed by atoms with E-state index >= 15 is 0 Å². The lowest BCUT2D eigenvalue weighted by Crippen LogP contribution is -2.81. The summed E-state index contributed by atoms with van der Waals surface area (Å²) >= 11 is 0. The number of piperidine rings is 1. The number of likely N-dealkylation sites (tertiary alicyclic amines) is 1. The minimum Gasteiger partial charge on any atom is -0.392 e. The molecule has 2 aliphatic heterocycles. The second-order valence-corrected chi connectivity index (χ2v) is 12.0. The molecule has 0 unspecified atom stereocenters. The molecule has 0 aromatic carbocycles. The molecule has 186 valence electrons. The van der Waals surface area contributed by atoms with Crippen LogP contribution in [-0.2, 0) is 23.7 Å². The number of hydrogen-bond donors (Lipinski definition) is 2. The SMILES string of the molecule is CCN1C[C@]2(COC)CC[C@H](O)[C@@]34[C@@H]5C[C@H]6[C@H](OC)[C@@H]5[C@@]5(C[C@@H]6OC)OCO[C@]5([C@@H](O)[C@H]23)[C@@H]14. The van der Waals surface area contributed by atoms with Crippen molar-refractivity contribution < 1.29 is 33.9 Å². The van der Waals surface area contributed by atoms with Crippen LogP contribution in [0.5, 0.6) is 0 Å². The molecule has 7 bridgehead atoms. The largest absolute Gasteiger partial charge is 0.392 e. The molecule has 5 aliphatic carbocycles. The summed E-state index contributed by atoms with van der Waals surface area (Å²) in [5.74, 6) is 0.417. The predicted molar refractivity (Wildman–Crippen MR) is 116 cm³/mol. The smallest absolute Gasteiger partial charge is 0.148 e.